The fourth-order valence-corrected chi connectivity index (χ4v) is 6.48. The molecule has 2 fully saturated rings. The van der Waals surface area contributed by atoms with Crippen LogP contribution in [0.15, 0.2) is 54.2 Å². The van der Waals surface area contributed by atoms with E-state index < -0.39 is 11.9 Å². The van der Waals surface area contributed by atoms with Gasteiger partial charge in [0.05, 0.1) is 29.7 Å². The number of aliphatic carboxylic acids is 1. The van der Waals surface area contributed by atoms with Crippen molar-refractivity contribution >= 4 is 34.1 Å². The molecule has 0 aliphatic heterocycles. The number of nitrogens with zero attached hydrogens (tertiary/aromatic N) is 3. The number of carbonyl (C=O) groups is 2. The molecule has 7 nitrogen and oxygen atoms in total. The number of aromatic nitrogens is 3. The Morgan fingerprint density at radius 1 is 1.22 bits per heavy atom. The van der Waals surface area contributed by atoms with Gasteiger partial charge in [0.2, 0.25) is 0 Å². The molecule has 0 saturated heterocycles. The number of thiazole rings is 1. The van der Waals surface area contributed by atoms with Crippen LogP contribution in [0, 0.1) is 23.2 Å². The number of carbonyl (C=O) groups excluding carboxylic acids is 1. The Morgan fingerprint density at radius 3 is 2.68 bits per heavy atom. The molecule has 8 heteroatoms. The normalized spacial score (nSPS) is 19.5. The van der Waals surface area contributed by atoms with E-state index in [1.807, 2.05) is 40.4 Å². The summed E-state index contributed by atoms with van der Waals surface area (Å²) in [5, 5.41) is 21.1. The molecule has 2 heterocycles. The van der Waals surface area contributed by atoms with Crippen LogP contribution in [0.3, 0.4) is 0 Å². The van der Waals surface area contributed by atoms with E-state index in [4.69, 9.17) is 0 Å². The fraction of sp³-hybridized carbons (Fsp3) is 0.310. The zero-order valence-electron chi connectivity index (χ0n) is 20.4. The topological polar surface area (TPSA) is 97.1 Å². The predicted molar refractivity (Wildman–Crippen MR) is 142 cm³/mol. The monoisotopic (exact) mass is 510 g/mol. The second kappa shape index (κ2) is 9.16. The van der Waals surface area contributed by atoms with E-state index in [0.29, 0.717) is 24.0 Å². The number of rotatable bonds is 6. The highest BCUT2D eigenvalue weighted by Crippen LogP contribution is 2.58. The van der Waals surface area contributed by atoms with Crippen LogP contribution >= 0.6 is 11.3 Å². The number of carboxylic acid groups (broad SMARTS) is 1. The van der Waals surface area contributed by atoms with Crippen molar-refractivity contribution in [2.75, 3.05) is 0 Å². The van der Waals surface area contributed by atoms with Gasteiger partial charge in [0.1, 0.15) is 5.01 Å². The van der Waals surface area contributed by atoms with Crippen molar-refractivity contribution in [1.29, 1.82) is 0 Å². The summed E-state index contributed by atoms with van der Waals surface area (Å²) in [4.78, 5) is 29.8. The Bertz CT molecular complexity index is 1560. The minimum absolute atomic E-state index is 0.0646. The van der Waals surface area contributed by atoms with Crippen molar-refractivity contribution in [3.63, 3.8) is 0 Å². The summed E-state index contributed by atoms with van der Waals surface area (Å²) in [6, 6.07) is 11.5. The minimum Gasteiger partial charge on any atom is -0.481 e. The van der Waals surface area contributed by atoms with Crippen molar-refractivity contribution in [3.05, 3.63) is 70.9 Å². The molecule has 186 valence electrons. The zero-order chi connectivity index (χ0) is 25.6. The molecule has 2 aliphatic carbocycles. The lowest BCUT2D eigenvalue weighted by atomic mass is 9.48. The van der Waals surface area contributed by atoms with Crippen LogP contribution in [0.2, 0.25) is 0 Å². The quantitative estimate of drug-likeness (QED) is 0.358. The summed E-state index contributed by atoms with van der Waals surface area (Å²) < 4.78 is 1.83. The molecule has 2 unspecified atom stereocenters. The molecule has 0 bridgehead atoms. The first-order valence-corrected chi connectivity index (χ1v) is 13.3. The maximum absolute atomic E-state index is 13.6. The molecule has 4 aromatic rings. The summed E-state index contributed by atoms with van der Waals surface area (Å²) in [6.45, 7) is 2.26. The van der Waals surface area contributed by atoms with Gasteiger partial charge in [0.25, 0.3) is 5.91 Å². The van der Waals surface area contributed by atoms with Gasteiger partial charge >= 0.3 is 5.97 Å². The van der Waals surface area contributed by atoms with Crippen LogP contribution in [0.1, 0.15) is 54.1 Å². The van der Waals surface area contributed by atoms with Gasteiger partial charge in [-0.1, -0.05) is 36.6 Å². The molecule has 2 aliphatic rings. The van der Waals surface area contributed by atoms with Gasteiger partial charge < -0.3 is 10.4 Å². The second-order valence-electron chi connectivity index (χ2n) is 9.95. The van der Waals surface area contributed by atoms with E-state index >= 15 is 0 Å². The number of nitrogens with one attached hydrogen (secondary N) is 1. The summed E-state index contributed by atoms with van der Waals surface area (Å²) >= 11 is 1.60. The first-order chi connectivity index (χ1) is 18.0. The maximum Gasteiger partial charge on any atom is 0.308 e. The lowest BCUT2D eigenvalue weighted by molar-refractivity contribution is -0.159. The van der Waals surface area contributed by atoms with Crippen molar-refractivity contribution < 1.29 is 14.7 Å². The molecule has 6 rings (SSSR count). The Kier molecular flexibility index (Phi) is 5.81. The second-order valence-corrected chi connectivity index (χ2v) is 10.8. The van der Waals surface area contributed by atoms with E-state index in [9.17, 15) is 14.7 Å². The highest BCUT2D eigenvalue weighted by molar-refractivity contribution is 7.13. The third kappa shape index (κ3) is 4.00. The Balaban J connectivity index is 1.34. The van der Waals surface area contributed by atoms with E-state index in [-0.39, 0.29) is 17.4 Å². The summed E-state index contributed by atoms with van der Waals surface area (Å²) in [5.41, 5.74) is 4.03. The number of hydrogen-bond acceptors (Lipinski definition) is 5. The van der Waals surface area contributed by atoms with Crippen LogP contribution in [0.25, 0.3) is 21.5 Å². The van der Waals surface area contributed by atoms with E-state index in [2.05, 4.69) is 27.2 Å². The van der Waals surface area contributed by atoms with E-state index in [0.717, 1.165) is 46.3 Å². The predicted octanol–water partition coefficient (Wildman–Crippen LogP) is 4.95. The first kappa shape index (κ1) is 23.4. The number of fused-ring (bicyclic) bond motifs is 1. The Labute approximate surface area is 218 Å². The lowest BCUT2D eigenvalue weighted by Crippen LogP contribution is -2.66. The number of hydrogen-bond donors (Lipinski definition) is 2. The van der Waals surface area contributed by atoms with Gasteiger partial charge in [-0.05, 0) is 49.3 Å². The van der Waals surface area contributed by atoms with Crippen LogP contribution < -0.4 is 5.32 Å². The van der Waals surface area contributed by atoms with Crippen LogP contribution in [-0.2, 0) is 11.3 Å². The van der Waals surface area contributed by atoms with Crippen LogP contribution in [0.5, 0.6) is 0 Å². The van der Waals surface area contributed by atoms with Gasteiger partial charge in [-0.2, -0.15) is 5.10 Å². The van der Waals surface area contributed by atoms with Gasteiger partial charge in [0, 0.05) is 34.1 Å². The maximum atomic E-state index is 13.6. The molecular weight excluding hydrogens is 484 g/mol. The fourth-order valence-electron chi connectivity index (χ4n) is 5.84. The number of benzene rings is 2. The molecule has 2 atom stereocenters. The molecule has 0 radical (unpaired) electrons. The molecule has 37 heavy (non-hydrogen) atoms. The Hall–Kier alpha value is -3.96. The van der Waals surface area contributed by atoms with Crippen molar-refractivity contribution in [1.82, 2.24) is 20.1 Å². The summed E-state index contributed by atoms with van der Waals surface area (Å²) in [5.74, 6) is 4.42. The van der Waals surface area contributed by atoms with Gasteiger partial charge in [-0.15, -0.1) is 17.3 Å². The van der Waals surface area contributed by atoms with Gasteiger partial charge in [-0.25, -0.2) is 4.98 Å². The average Bonchev–Trinajstić information content (AvgIpc) is 3.53. The van der Waals surface area contributed by atoms with Crippen LogP contribution in [0.4, 0.5) is 0 Å². The zero-order valence-corrected chi connectivity index (χ0v) is 21.2. The molecule has 2 aromatic heterocycles. The van der Waals surface area contributed by atoms with Crippen molar-refractivity contribution in [2.24, 2.45) is 11.3 Å². The standard InChI is InChI=1S/C29H26N4O3S/c1-2-4-19-9-10-21(26(34)32-25-22(28(35)36)15-29(25)11-3-12-29)24-23(19)16-31-33(24)17-18-5-7-20(8-6-18)27-30-13-14-37-27/h5-10,13-14,16,22,25H,3,11-12,15,17H2,1H3,(H,32,34)(H,35,36). The molecule has 2 saturated carbocycles. The lowest BCUT2D eigenvalue weighted by Gasteiger charge is -2.59. The molecule has 2 aromatic carbocycles. The molecular formula is C29H26N4O3S. The third-order valence-corrected chi connectivity index (χ3v) is 8.74. The minimum atomic E-state index is -0.840. The Morgan fingerprint density at radius 2 is 2.03 bits per heavy atom. The number of amides is 1. The van der Waals surface area contributed by atoms with Crippen LogP contribution in [-0.4, -0.2) is 37.8 Å². The van der Waals surface area contributed by atoms with E-state index in [1.165, 1.54) is 0 Å². The third-order valence-electron chi connectivity index (χ3n) is 7.91. The summed E-state index contributed by atoms with van der Waals surface area (Å²) in [6.07, 6.45) is 7.22. The summed E-state index contributed by atoms with van der Waals surface area (Å²) in [7, 11) is 0. The van der Waals surface area contributed by atoms with Crippen molar-refractivity contribution in [3.8, 4) is 22.4 Å². The number of carboxylic acids is 1. The molecule has 1 amide bonds. The van der Waals surface area contributed by atoms with Crippen molar-refractivity contribution in [2.45, 2.75) is 45.2 Å². The smallest absolute Gasteiger partial charge is 0.308 e. The SMILES string of the molecule is CC#Cc1ccc(C(=O)NC2C(C(=O)O)CC23CCC3)c2c1cnn2Cc1ccc(-c2nccs2)cc1. The molecule has 1 spiro atoms. The average molecular weight is 511 g/mol. The van der Waals surface area contributed by atoms with Gasteiger partial charge in [0.15, 0.2) is 0 Å². The first-order valence-electron chi connectivity index (χ1n) is 12.4. The largest absolute Gasteiger partial charge is 0.481 e. The van der Waals surface area contributed by atoms with E-state index in [1.54, 1.807) is 36.7 Å². The van der Waals surface area contributed by atoms with Gasteiger partial charge in [-0.3, -0.25) is 14.3 Å². The highest BCUT2D eigenvalue weighted by atomic mass is 32.1. The highest BCUT2D eigenvalue weighted by Gasteiger charge is 2.60. The molecule has 2 N–H and O–H groups in total.